The summed E-state index contributed by atoms with van der Waals surface area (Å²) in [6, 6.07) is 0. The van der Waals surface area contributed by atoms with Crippen LogP contribution >= 0.6 is 0 Å². The van der Waals surface area contributed by atoms with Crippen molar-refractivity contribution < 1.29 is 14.3 Å². The number of methoxy groups -OCH3 is 1. The van der Waals surface area contributed by atoms with Crippen LogP contribution in [0.5, 0.6) is 0 Å². The van der Waals surface area contributed by atoms with Crippen molar-refractivity contribution in [2.45, 2.75) is 106 Å². The largest absolute Gasteiger partial charge is 0.469 e. The number of carbonyl (C=O) groups is 2. The van der Waals surface area contributed by atoms with Crippen LogP contribution in [0.4, 0.5) is 0 Å². The lowest BCUT2D eigenvalue weighted by molar-refractivity contribution is -0.165. The number of carbonyl (C=O) groups excluding carboxylic acids is 2. The van der Waals surface area contributed by atoms with Gasteiger partial charge in [-0.3, -0.25) is 9.59 Å². The third kappa shape index (κ3) is 2.88. The molecule has 0 heterocycles. The van der Waals surface area contributed by atoms with Crippen LogP contribution in [0.2, 0.25) is 0 Å². The minimum absolute atomic E-state index is 0.0169. The number of esters is 1. The Morgan fingerprint density at radius 1 is 0.941 bits per heavy atom. The molecular formula is C31H46O3. The zero-order valence-corrected chi connectivity index (χ0v) is 22.9. The summed E-state index contributed by atoms with van der Waals surface area (Å²) in [7, 11) is 1.52. The van der Waals surface area contributed by atoms with Crippen LogP contribution in [0.15, 0.2) is 22.8 Å². The maximum Gasteiger partial charge on any atom is 0.311 e. The van der Waals surface area contributed by atoms with Crippen molar-refractivity contribution in [3.8, 4) is 0 Å². The Kier molecular flexibility index (Phi) is 5.24. The SMILES string of the molecule is COC(=O)[C@@]1(C)CC[C@]2(C)CC[C@]3(C)C(=CC(=O)[C@@H]4[C@@]5(C)CCC(=C(C)C)[C@@H]5CC[C@]43C)[C@H]2C1. The molecule has 0 N–H and O–H groups in total. The molecule has 4 fully saturated rings. The van der Waals surface area contributed by atoms with Crippen molar-refractivity contribution in [2.75, 3.05) is 7.11 Å². The van der Waals surface area contributed by atoms with Gasteiger partial charge in [0.05, 0.1) is 12.5 Å². The van der Waals surface area contributed by atoms with Crippen molar-refractivity contribution in [3.05, 3.63) is 22.8 Å². The maximum atomic E-state index is 14.2. The summed E-state index contributed by atoms with van der Waals surface area (Å²) in [6.45, 7) is 16.4. The summed E-state index contributed by atoms with van der Waals surface area (Å²) >= 11 is 0. The van der Waals surface area contributed by atoms with Crippen LogP contribution in [0.25, 0.3) is 0 Å². The smallest absolute Gasteiger partial charge is 0.311 e. The van der Waals surface area contributed by atoms with Crippen molar-refractivity contribution in [2.24, 2.45) is 44.8 Å². The van der Waals surface area contributed by atoms with Gasteiger partial charge in [-0.15, -0.1) is 0 Å². The summed E-state index contributed by atoms with van der Waals surface area (Å²) in [4.78, 5) is 27.0. The molecule has 4 saturated carbocycles. The van der Waals surface area contributed by atoms with Gasteiger partial charge in [0.2, 0.25) is 0 Å². The number of ketones is 1. The van der Waals surface area contributed by atoms with Gasteiger partial charge < -0.3 is 4.74 Å². The van der Waals surface area contributed by atoms with E-state index in [2.05, 4.69) is 54.5 Å². The van der Waals surface area contributed by atoms with E-state index in [4.69, 9.17) is 4.74 Å². The fraction of sp³-hybridized carbons (Fsp3) is 0.806. The van der Waals surface area contributed by atoms with Gasteiger partial charge in [-0.05, 0) is 118 Å². The second-order valence-corrected chi connectivity index (χ2v) is 14.3. The molecule has 0 radical (unpaired) electrons. The Labute approximate surface area is 207 Å². The van der Waals surface area contributed by atoms with E-state index in [1.54, 1.807) is 5.57 Å². The highest BCUT2D eigenvalue weighted by Gasteiger charge is 2.69. The first-order valence-electron chi connectivity index (χ1n) is 13.8. The predicted octanol–water partition coefficient (Wildman–Crippen LogP) is 7.45. The standard InChI is InChI=1S/C31H46O3/c1-19(2)20-9-11-29(5)21(20)10-12-31(7)25(29)24(32)17-22-23-18-28(4,26(33)34-8)14-13-27(23,3)15-16-30(22,31)6/h17,21,23,25H,9-16,18H2,1-8H3/t21-,23+,25+,27+,28-,29-,30+,31+/m0/s1. The molecule has 0 aromatic heterocycles. The van der Waals surface area contributed by atoms with Crippen LogP contribution in [0, 0.1) is 44.8 Å². The van der Waals surface area contributed by atoms with Crippen LogP contribution < -0.4 is 0 Å². The number of fused-ring (bicyclic) bond motifs is 7. The summed E-state index contributed by atoms with van der Waals surface area (Å²) in [5.74, 6) is 1.25. The van der Waals surface area contributed by atoms with Gasteiger partial charge in [-0.1, -0.05) is 44.4 Å². The minimum Gasteiger partial charge on any atom is -0.469 e. The normalized spacial score (nSPS) is 49.9. The van der Waals surface area contributed by atoms with Gasteiger partial charge in [-0.25, -0.2) is 0 Å². The topological polar surface area (TPSA) is 43.4 Å². The molecule has 188 valence electrons. The number of hydrogen-bond acceptors (Lipinski definition) is 3. The third-order valence-corrected chi connectivity index (χ3v) is 12.5. The van der Waals surface area contributed by atoms with Crippen molar-refractivity contribution >= 4 is 11.8 Å². The summed E-state index contributed by atoms with van der Waals surface area (Å²) < 4.78 is 5.25. The van der Waals surface area contributed by atoms with E-state index in [1.165, 1.54) is 31.1 Å². The zero-order valence-electron chi connectivity index (χ0n) is 22.9. The van der Waals surface area contributed by atoms with Crippen molar-refractivity contribution in [1.82, 2.24) is 0 Å². The Balaban J connectivity index is 1.61. The zero-order chi connectivity index (χ0) is 24.9. The molecule has 5 rings (SSSR count). The first kappa shape index (κ1) is 24.3. The summed E-state index contributed by atoms with van der Waals surface area (Å²) in [6.07, 6.45) is 11.9. The van der Waals surface area contributed by atoms with Gasteiger partial charge in [-0.2, -0.15) is 0 Å². The molecule has 5 aliphatic carbocycles. The number of rotatable bonds is 1. The summed E-state index contributed by atoms with van der Waals surface area (Å²) in [5.41, 5.74) is 4.27. The quantitative estimate of drug-likeness (QED) is 0.298. The molecule has 34 heavy (non-hydrogen) atoms. The molecule has 8 atom stereocenters. The Hall–Kier alpha value is -1.38. The van der Waals surface area contributed by atoms with Crippen molar-refractivity contribution in [1.29, 1.82) is 0 Å². The highest BCUT2D eigenvalue weighted by molar-refractivity contribution is 5.96. The average Bonchev–Trinajstić information content (AvgIpc) is 3.12. The maximum absolute atomic E-state index is 14.2. The van der Waals surface area contributed by atoms with Crippen LogP contribution in [0.1, 0.15) is 106 Å². The van der Waals surface area contributed by atoms with E-state index in [1.807, 2.05) is 0 Å². The molecule has 0 saturated heterocycles. The highest BCUT2D eigenvalue weighted by atomic mass is 16.5. The van der Waals surface area contributed by atoms with E-state index in [0.717, 1.165) is 44.9 Å². The Morgan fingerprint density at radius 3 is 2.26 bits per heavy atom. The molecule has 0 aromatic carbocycles. The van der Waals surface area contributed by atoms with E-state index >= 15 is 0 Å². The molecule has 5 aliphatic rings. The molecular weight excluding hydrogens is 420 g/mol. The number of hydrogen-bond donors (Lipinski definition) is 0. The highest BCUT2D eigenvalue weighted by Crippen LogP contribution is 2.74. The summed E-state index contributed by atoms with van der Waals surface area (Å²) in [5, 5.41) is 0. The van der Waals surface area contributed by atoms with E-state index < -0.39 is 5.41 Å². The fourth-order valence-corrected chi connectivity index (χ4v) is 10.1. The van der Waals surface area contributed by atoms with E-state index in [0.29, 0.717) is 11.7 Å². The molecule has 0 unspecified atom stereocenters. The van der Waals surface area contributed by atoms with Crippen molar-refractivity contribution in [3.63, 3.8) is 0 Å². The fourth-order valence-electron chi connectivity index (χ4n) is 10.1. The van der Waals surface area contributed by atoms with Gasteiger partial charge in [0.25, 0.3) is 0 Å². The second-order valence-electron chi connectivity index (χ2n) is 14.3. The Morgan fingerprint density at radius 2 is 1.62 bits per heavy atom. The lowest BCUT2D eigenvalue weighted by atomic mass is 9.36. The first-order chi connectivity index (χ1) is 15.8. The number of ether oxygens (including phenoxy) is 1. The number of allylic oxidation sites excluding steroid dienone is 4. The molecule has 3 heteroatoms. The van der Waals surface area contributed by atoms with E-state index in [9.17, 15) is 9.59 Å². The van der Waals surface area contributed by atoms with E-state index in [-0.39, 0.29) is 39.5 Å². The molecule has 0 aliphatic heterocycles. The molecule has 0 bridgehead atoms. The molecule has 0 spiro atoms. The minimum atomic E-state index is -0.452. The van der Waals surface area contributed by atoms with Gasteiger partial charge >= 0.3 is 5.97 Å². The van der Waals surface area contributed by atoms with Gasteiger partial charge in [0.1, 0.15) is 0 Å². The predicted molar refractivity (Wildman–Crippen MR) is 136 cm³/mol. The molecule has 0 aromatic rings. The second kappa shape index (κ2) is 7.32. The third-order valence-electron chi connectivity index (χ3n) is 12.5. The Bertz CT molecular complexity index is 1000. The lowest BCUT2D eigenvalue weighted by Crippen LogP contribution is -2.62. The lowest BCUT2D eigenvalue weighted by Gasteiger charge is -2.67. The van der Waals surface area contributed by atoms with Crippen LogP contribution in [-0.2, 0) is 14.3 Å². The molecule has 3 nitrogen and oxygen atoms in total. The van der Waals surface area contributed by atoms with Gasteiger partial charge in [0.15, 0.2) is 5.78 Å². The van der Waals surface area contributed by atoms with Crippen LogP contribution in [-0.4, -0.2) is 18.9 Å². The monoisotopic (exact) mass is 466 g/mol. The van der Waals surface area contributed by atoms with Crippen LogP contribution in [0.3, 0.4) is 0 Å². The van der Waals surface area contributed by atoms with Gasteiger partial charge in [0, 0.05) is 5.92 Å². The molecule has 0 amide bonds. The first-order valence-corrected chi connectivity index (χ1v) is 13.8. The average molecular weight is 467 g/mol.